The van der Waals surface area contributed by atoms with E-state index in [1.165, 1.54) is 19.4 Å². The number of nitrogens with one attached hydrogen (secondary N) is 2. The molecule has 1 unspecified atom stereocenters. The van der Waals surface area contributed by atoms with Gasteiger partial charge in [-0.1, -0.05) is 19.1 Å². The quantitative estimate of drug-likeness (QED) is 0.292. The van der Waals surface area contributed by atoms with E-state index in [1.54, 1.807) is 0 Å². The molecule has 1 atom stereocenters. The lowest BCUT2D eigenvalue weighted by atomic mass is 10.2. The Balaban J connectivity index is 0.00000392. The van der Waals surface area contributed by atoms with Crippen LogP contribution >= 0.6 is 24.0 Å². The molecule has 0 radical (unpaired) electrons. The average Bonchev–Trinajstić information content (AvgIpc) is 3.11. The smallest absolute Gasteiger partial charge is 0.191 e. The number of likely N-dealkylation sites (tertiary alicyclic amines) is 1. The zero-order chi connectivity index (χ0) is 19.5. The highest BCUT2D eigenvalue weighted by atomic mass is 127. The van der Waals surface area contributed by atoms with E-state index in [9.17, 15) is 0 Å². The standard InChI is InChI=1S/C21H37N5O.HI/c1-5-22-21(24-17-19-10-8-12-26(19)6-2)23-16-18-9-7-11-20(15-18)27-14-13-25(3)4;/h7,9,11,15,19H,5-6,8,10,12-14,16-17H2,1-4H3,(H2,22,23,24);1H. The predicted octanol–water partition coefficient (Wildman–Crippen LogP) is 2.78. The Bertz CT molecular complexity index is 582. The molecule has 1 heterocycles. The molecule has 0 spiro atoms. The van der Waals surface area contributed by atoms with Crippen molar-refractivity contribution in [2.75, 3.05) is 53.4 Å². The average molecular weight is 503 g/mol. The fourth-order valence-corrected chi connectivity index (χ4v) is 3.35. The second-order valence-corrected chi connectivity index (χ2v) is 7.30. The second kappa shape index (κ2) is 14.0. The van der Waals surface area contributed by atoms with E-state index in [0.717, 1.165) is 43.5 Å². The van der Waals surface area contributed by atoms with Gasteiger partial charge in [-0.05, 0) is 64.6 Å². The lowest BCUT2D eigenvalue weighted by Gasteiger charge is -2.24. The zero-order valence-corrected chi connectivity index (χ0v) is 20.2. The number of hydrogen-bond donors (Lipinski definition) is 2. The van der Waals surface area contributed by atoms with Crippen LogP contribution in [0.2, 0.25) is 0 Å². The van der Waals surface area contributed by atoms with Gasteiger partial charge >= 0.3 is 0 Å². The molecular weight excluding hydrogens is 465 g/mol. The fraction of sp³-hybridized carbons (Fsp3) is 0.667. The van der Waals surface area contributed by atoms with Crippen molar-refractivity contribution < 1.29 is 4.74 Å². The van der Waals surface area contributed by atoms with Crippen molar-refractivity contribution in [2.45, 2.75) is 39.3 Å². The van der Waals surface area contributed by atoms with Crippen LogP contribution in [-0.2, 0) is 6.54 Å². The van der Waals surface area contributed by atoms with Crippen molar-refractivity contribution in [3.8, 4) is 5.75 Å². The molecule has 1 fully saturated rings. The fourth-order valence-electron chi connectivity index (χ4n) is 3.35. The van der Waals surface area contributed by atoms with Crippen LogP contribution in [0.1, 0.15) is 32.3 Å². The minimum atomic E-state index is 0. The Morgan fingerprint density at radius 1 is 1.29 bits per heavy atom. The summed E-state index contributed by atoms with van der Waals surface area (Å²) in [7, 11) is 4.10. The van der Waals surface area contributed by atoms with Gasteiger partial charge in [-0.15, -0.1) is 24.0 Å². The zero-order valence-electron chi connectivity index (χ0n) is 17.9. The first kappa shape index (κ1) is 25.0. The first-order valence-corrected chi connectivity index (χ1v) is 10.2. The van der Waals surface area contributed by atoms with Crippen molar-refractivity contribution in [3.05, 3.63) is 29.8 Å². The molecule has 7 heteroatoms. The molecular formula is C21H38IN5O. The van der Waals surface area contributed by atoms with Crippen LogP contribution in [0.4, 0.5) is 0 Å². The van der Waals surface area contributed by atoms with Crippen LogP contribution in [-0.4, -0.2) is 75.2 Å². The number of hydrogen-bond acceptors (Lipinski definition) is 4. The molecule has 1 aliphatic heterocycles. The summed E-state index contributed by atoms with van der Waals surface area (Å²) >= 11 is 0. The topological polar surface area (TPSA) is 52.1 Å². The summed E-state index contributed by atoms with van der Waals surface area (Å²) < 4.78 is 5.82. The van der Waals surface area contributed by atoms with E-state index in [0.29, 0.717) is 19.2 Å². The molecule has 6 nitrogen and oxygen atoms in total. The number of likely N-dealkylation sites (N-methyl/N-ethyl adjacent to an activating group) is 2. The van der Waals surface area contributed by atoms with E-state index in [1.807, 2.05) is 12.1 Å². The van der Waals surface area contributed by atoms with Gasteiger partial charge in [0.25, 0.3) is 0 Å². The van der Waals surface area contributed by atoms with Crippen molar-refractivity contribution >= 4 is 29.9 Å². The maximum atomic E-state index is 5.82. The number of halogens is 1. The van der Waals surface area contributed by atoms with Crippen molar-refractivity contribution in [1.29, 1.82) is 0 Å². The van der Waals surface area contributed by atoms with Crippen LogP contribution < -0.4 is 15.4 Å². The molecule has 1 aromatic rings. The molecule has 0 saturated carbocycles. The minimum absolute atomic E-state index is 0. The number of aliphatic imine (C=N–C) groups is 1. The molecule has 0 amide bonds. The summed E-state index contributed by atoms with van der Waals surface area (Å²) in [6, 6.07) is 8.84. The van der Waals surface area contributed by atoms with E-state index in [4.69, 9.17) is 9.73 Å². The van der Waals surface area contributed by atoms with Gasteiger partial charge in [0.05, 0.1) is 6.54 Å². The van der Waals surface area contributed by atoms with Crippen molar-refractivity contribution in [2.24, 2.45) is 4.99 Å². The van der Waals surface area contributed by atoms with E-state index in [2.05, 4.69) is 60.5 Å². The Morgan fingerprint density at radius 3 is 2.82 bits per heavy atom. The predicted molar refractivity (Wildman–Crippen MR) is 129 cm³/mol. The summed E-state index contributed by atoms with van der Waals surface area (Å²) in [6.07, 6.45) is 2.57. The maximum absolute atomic E-state index is 5.82. The van der Waals surface area contributed by atoms with Gasteiger partial charge in [-0.2, -0.15) is 0 Å². The van der Waals surface area contributed by atoms with Gasteiger partial charge in [-0.3, -0.25) is 4.90 Å². The van der Waals surface area contributed by atoms with Crippen LogP contribution in [0.25, 0.3) is 0 Å². The summed E-state index contributed by atoms with van der Waals surface area (Å²) in [5, 5.41) is 6.87. The highest BCUT2D eigenvalue weighted by Crippen LogP contribution is 2.16. The Kier molecular flexibility index (Phi) is 12.5. The van der Waals surface area contributed by atoms with Crippen LogP contribution in [0.3, 0.4) is 0 Å². The SMILES string of the molecule is CCNC(=NCc1cccc(OCCN(C)C)c1)NCC1CCCN1CC.I. The van der Waals surface area contributed by atoms with Gasteiger partial charge < -0.3 is 20.3 Å². The van der Waals surface area contributed by atoms with Gasteiger partial charge in [0.1, 0.15) is 12.4 Å². The Hall–Kier alpha value is -1.06. The normalized spacial score (nSPS) is 17.5. The summed E-state index contributed by atoms with van der Waals surface area (Å²) in [4.78, 5) is 9.42. The third-order valence-corrected chi connectivity index (χ3v) is 4.88. The molecule has 160 valence electrons. The number of benzene rings is 1. The molecule has 0 aliphatic carbocycles. The van der Waals surface area contributed by atoms with Crippen molar-refractivity contribution in [1.82, 2.24) is 20.4 Å². The first-order valence-electron chi connectivity index (χ1n) is 10.2. The highest BCUT2D eigenvalue weighted by Gasteiger charge is 2.22. The van der Waals surface area contributed by atoms with Gasteiger partial charge in [0.15, 0.2) is 5.96 Å². The van der Waals surface area contributed by atoms with Crippen LogP contribution in [0.15, 0.2) is 29.3 Å². The summed E-state index contributed by atoms with van der Waals surface area (Å²) in [5.41, 5.74) is 1.16. The number of ether oxygens (including phenoxy) is 1. The Labute approximate surface area is 188 Å². The maximum Gasteiger partial charge on any atom is 0.191 e. The summed E-state index contributed by atoms with van der Waals surface area (Å²) in [6.45, 7) is 10.7. The molecule has 1 saturated heterocycles. The van der Waals surface area contributed by atoms with Crippen LogP contribution in [0.5, 0.6) is 5.75 Å². The molecule has 2 rings (SSSR count). The number of nitrogens with zero attached hydrogens (tertiary/aromatic N) is 3. The first-order chi connectivity index (χ1) is 13.1. The molecule has 0 aromatic heterocycles. The highest BCUT2D eigenvalue weighted by molar-refractivity contribution is 14.0. The molecule has 1 aliphatic rings. The lowest BCUT2D eigenvalue weighted by Crippen LogP contribution is -2.44. The van der Waals surface area contributed by atoms with E-state index in [-0.39, 0.29) is 24.0 Å². The molecule has 0 bridgehead atoms. The van der Waals surface area contributed by atoms with Gasteiger partial charge in [0.2, 0.25) is 0 Å². The summed E-state index contributed by atoms with van der Waals surface area (Å²) in [5.74, 6) is 1.80. The monoisotopic (exact) mass is 503 g/mol. The molecule has 28 heavy (non-hydrogen) atoms. The van der Waals surface area contributed by atoms with E-state index >= 15 is 0 Å². The molecule has 2 N–H and O–H groups in total. The third-order valence-electron chi connectivity index (χ3n) is 4.88. The van der Waals surface area contributed by atoms with Gasteiger partial charge in [-0.25, -0.2) is 4.99 Å². The van der Waals surface area contributed by atoms with Crippen molar-refractivity contribution in [3.63, 3.8) is 0 Å². The third kappa shape index (κ3) is 8.96. The van der Waals surface area contributed by atoms with Gasteiger partial charge in [0, 0.05) is 25.7 Å². The van der Waals surface area contributed by atoms with E-state index < -0.39 is 0 Å². The lowest BCUT2D eigenvalue weighted by molar-refractivity contribution is 0.261. The number of guanidine groups is 1. The second-order valence-electron chi connectivity index (χ2n) is 7.30. The minimum Gasteiger partial charge on any atom is -0.492 e. The molecule has 1 aromatic carbocycles. The van der Waals surface area contributed by atoms with Crippen LogP contribution in [0, 0.1) is 0 Å². The number of rotatable bonds is 10. The Morgan fingerprint density at radius 2 is 2.11 bits per heavy atom. The largest absolute Gasteiger partial charge is 0.492 e.